The minimum absolute atomic E-state index is 0.155. The van der Waals surface area contributed by atoms with Crippen molar-refractivity contribution in [1.29, 1.82) is 0 Å². The lowest BCUT2D eigenvalue weighted by Crippen LogP contribution is -2.25. The van der Waals surface area contributed by atoms with E-state index in [1.807, 2.05) is 37.4 Å². The van der Waals surface area contributed by atoms with Gasteiger partial charge in [0.15, 0.2) is 0 Å². The molecule has 0 spiro atoms. The molecular formula is C13H17N5OS. The van der Waals surface area contributed by atoms with E-state index < -0.39 is 0 Å². The van der Waals surface area contributed by atoms with Gasteiger partial charge in [0, 0.05) is 25.8 Å². The largest absolute Gasteiger partial charge is 0.341 e. The number of amides is 1. The Bertz CT molecular complexity index is 517. The van der Waals surface area contributed by atoms with E-state index in [9.17, 15) is 4.79 Å². The number of aromatic nitrogens is 4. The molecule has 0 radical (unpaired) electrons. The minimum atomic E-state index is 0.155. The zero-order valence-corrected chi connectivity index (χ0v) is 12.1. The van der Waals surface area contributed by atoms with Crippen molar-refractivity contribution < 1.29 is 4.79 Å². The molecule has 0 aliphatic carbocycles. The third-order valence-electron chi connectivity index (χ3n) is 2.78. The van der Waals surface area contributed by atoms with E-state index in [4.69, 9.17) is 0 Å². The fourth-order valence-electron chi connectivity index (χ4n) is 1.74. The summed E-state index contributed by atoms with van der Waals surface area (Å²) in [4.78, 5) is 13.7. The van der Waals surface area contributed by atoms with E-state index in [2.05, 4.69) is 20.6 Å². The molecule has 20 heavy (non-hydrogen) atoms. The van der Waals surface area contributed by atoms with Gasteiger partial charge in [0.05, 0.1) is 0 Å². The van der Waals surface area contributed by atoms with E-state index in [1.54, 1.807) is 4.90 Å². The maximum Gasteiger partial charge on any atom is 0.230 e. The van der Waals surface area contributed by atoms with E-state index in [0.717, 1.165) is 17.7 Å². The first-order valence-corrected chi connectivity index (χ1v) is 7.38. The van der Waals surface area contributed by atoms with Gasteiger partial charge in [-0.05, 0) is 17.2 Å². The molecule has 0 atom stereocenters. The van der Waals surface area contributed by atoms with Crippen LogP contribution in [-0.2, 0) is 11.3 Å². The van der Waals surface area contributed by atoms with Crippen molar-refractivity contribution in [3.05, 3.63) is 35.9 Å². The van der Waals surface area contributed by atoms with Gasteiger partial charge in [-0.2, -0.15) is 5.21 Å². The highest BCUT2D eigenvalue weighted by molar-refractivity contribution is 7.99. The Morgan fingerprint density at radius 1 is 1.35 bits per heavy atom. The molecule has 2 rings (SSSR count). The van der Waals surface area contributed by atoms with Crippen LogP contribution in [0.2, 0.25) is 0 Å². The lowest BCUT2D eigenvalue weighted by atomic mass is 10.2. The Morgan fingerprint density at radius 2 is 2.15 bits per heavy atom. The zero-order valence-electron chi connectivity index (χ0n) is 11.3. The SMILES string of the molecule is CN(Cc1ccccc1)C(=O)CCCSc1nn[nH]n1. The Kier molecular flexibility index (Phi) is 5.55. The summed E-state index contributed by atoms with van der Waals surface area (Å²) in [6, 6.07) is 9.98. The highest BCUT2D eigenvalue weighted by Crippen LogP contribution is 2.13. The van der Waals surface area contributed by atoms with Crippen molar-refractivity contribution in [3.8, 4) is 0 Å². The molecule has 0 aliphatic rings. The van der Waals surface area contributed by atoms with Gasteiger partial charge in [-0.15, -0.1) is 10.2 Å². The van der Waals surface area contributed by atoms with Gasteiger partial charge in [0.1, 0.15) is 0 Å². The molecule has 106 valence electrons. The molecule has 0 aliphatic heterocycles. The van der Waals surface area contributed by atoms with Crippen LogP contribution in [0.4, 0.5) is 0 Å². The Hall–Kier alpha value is -1.89. The van der Waals surface area contributed by atoms with E-state index >= 15 is 0 Å². The number of hydrogen-bond acceptors (Lipinski definition) is 5. The van der Waals surface area contributed by atoms with Crippen molar-refractivity contribution in [2.24, 2.45) is 0 Å². The summed E-state index contributed by atoms with van der Waals surface area (Å²) >= 11 is 1.50. The number of carbonyl (C=O) groups is 1. The van der Waals surface area contributed by atoms with Gasteiger partial charge < -0.3 is 4.90 Å². The van der Waals surface area contributed by atoms with Crippen LogP contribution >= 0.6 is 11.8 Å². The lowest BCUT2D eigenvalue weighted by Gasteiger charge is -2.17. The van der Waals surface area contributed by atoms with Crippen LogP contribution in [-0.4, -0.2) is 44.2 Å². The lowest BCUT2D eigenvalue weighted by molar-refractivity contribution is -0.130. The second-order valence-electron chi connectivity index (χ2n) is 4.38. The maximum absolute atomic E-state index is 12.0. The average Bonchev–Trinajstić information content (AvgIpc) is 2.97. The van der Waals surface area contributed by atoms with Gasteiger partial charge in [-0.1, -0.05) is 42.1 Å². The minimum Gasteiger partial charge on any atom is -0.341 e. The smallest absolute Gasteiger partial charge is 0.230 e. The second kappa shape index (κ2) is 7.64. The van der Waals surface area contributed by atoms with Crippen LogP contribution in [0.1, 0.15) is 18.4 Å². The quantitative estimate of drug-likeness (QED) is 0.621. The molecule has 1 aromatic heterocycles. The van der Waals surface area contributed by atoms with Crippen molar-refractivity contribution in [2.45, 2.75) is 24.5 Å². The topological polar surface area (TPSA) is 74.8 Å². The summed E-state index contributed by atoms with van der Waals surface area (Å²) in [7, 11) is 1.83. The number of hydrogen-bond donors (Lipinski definition) is 1. The van der Waals surface area contributed by atoms with Crippen molar-refractivity contribution in [2.75, 3.05) is 12.8 Å². The number of tetrazole rings is 1. The molecule has 1 N–H and O–H groups in total. The van der Waals surface area contributed by atoms with E-state index in [-0.39, 0.29) is 5.91 Å². The van der Waals surface area contributed by atoms with Crippen LogP contribution in [0.25, 0.3) is 0 Å². The molecule has 1 aromatic carbocycles. The molecule has 1 heterocycles. The highest BCUT2D eigenvalue weighted by Gasteiger charge is 2.09. The van der Waals surface area contributed by atoms with Crippen LogP contribution < -0.4 is 0 Å². The Balaban J connectivity index is 1.66. The molecule has 0 saturated carbocycles. The number of nitrogens with zero attached hydrogens (tertiary/aromatic N) is 4. The van der Waals surface area contributed by atoms with Crippen LogP contribution in [0.5, 0.6) is 0 Å². The monoisotopic (exact) mass is 291 g/mol. The third kappa shape index (κ3) is 4.65. The van der Waals surface area contributed by atoms with Crippen molar-refractivity contribution >= 4 is 17.7 Å². The third-order valence-corrected chi connectivity index (χ3v) is 3.70. The molecule has 0 fully saturated rings. The molecule has 0 saturated heterocycles. The molecule has 0 unspecified atom stereocenters. The summed E-state index contributed by atoms with van der Waals surface area (Å²) in [5.41, 5.74) is 1.14. The van der Waals surface area contributed by atoms with Crippen molar-refractivity contribution in [1.82, 2.24) is 25.5 Å². The number of H-pyrrole nitrogens is 1. The van der Waals surface area contributed by atoms with Crippen LogP contribution in [0.15, 0.2) is 35.5 Å². The molecule has 1 amide bonds. The zero-order chi connectivity index (χ0) is 14.2. The van der Waals surface area contributed by atoms with Gasteiger partial charge >= 0.3 is 0 Å². The van der Waals surface area contributed by atoms with Gasteiger partial charge in [0.2, 0.25) is 11.1 Å². The fraction of sp³-hybridized carbons (Fsp3) is 0.385. The number of nitrogens with one attached hydrogen (secondary N) is 1. The molecule has 2 aromatic rings. The van der Waals surface area contributed by atoms with Crippen LogP contribution in [0, 0.1) is 0 Å². The van der Waals surface area contributed by atoms with E-state index in [1.165, 1.54) is 11.8 Å². The average molecular weight is 291 g/mol. The van der Waals surface area contributed by atoms with Crippen LogP contribution in [0.3, 0.4) is 0 Å². The summed E-state index contributed by atoms with van der Waals surface area (Å²) in [6.07, 6.45) is 1.34. The number of aromatic amines is 1. The molecule has 0 bridgehead atoms. The van der Waals surface area contributed by atoms with Crippen molar-refractivity contribution in [3.63, 3.8) is 0 Å². The Labute approximate surface area is 121 Å². The summed E-state index contributed by atoms with van der Waals surface area (Å²) < 4.78 is 0. The first kappa shape index (κ1) is 14.5. The standard InChI is InChI=1S/C13H17N5OS/c1-18(10-11-6-3-2-4-7-11)12(19)8-5-9-20-13-14-16-17-15-13/h2-4,6-7H,5,8-10H2,1H3,(H,14,15,16,17). The van der Waals surface area contributed by atoms with E-state index in [0.29, 0.717) is 18.1 Å². The number of carbonyl (C=O) groups excluding carboxylic acids is 1. The predicted molar refractivity (Wildman–Crippen MR) is 77.1 cm³/mol. The second-order valence-corrected chi connectivity index (χ2v) is 5.44. The Morgan fingerprint density at radius 3 is 2.85 bits per heavy atom. The maximum atomic E-state index is 12.0. The molecular weight excluding hydrogens is 274 g/mol. The molecule has 7 heteroatoms. The summed E-state index contributed by atoms with van der Waals surface area (Å²) in [5, 5.41) is 14.2. The number of benzene rings is 1. The first-order valence-electron chi connectivity index (χ1n) is 6.40. The number of thioether (sulfide) groups is 1. The predicted octanol–water partition coefficient (Wildman–Crippen LogP) is 1.73. The summed E-state index contributed by atoms with van der Waals surface area (Å²) in [5.74, 6) is 0.965. The van der Waals surface area contributed by atoms with Gasteiger partial charge in [-0.3, -0.25) is 4.79 Å². The highest BCUT2D eigenvalue weighted by atomic mass is 32.2. The van der Waals surface area contributed by atoms with Gasteiger partial charge in [0.25, 0.3) is 0 Å². The summed E-state index contributed by atoms with van der Waals surface area (Å²) in [6.45, 7) is 0.650. The number of rotatable bonds is 7. The first-order chi connectivity index (χ1) is 9.75. The van der Waals surface area contributed by atoms with Gasteiger partial charge in [-0.25, -0.2) is 0 Å². The fourth-order valence-corrected chi connectivity index (χ4v) is 2.41. The molecule has 6 nitrogen and oxygen atoms in total. The normalized spacial score (nSPS) is 10.4.